The lowest BCUT2D eigenvalue weighted by atomic mass is 10.1. The number of nitrogens with zero attached hydrogens (tertiary/aromatic N) is 3. The predicted octanol–water partition coefficient (Wildman–Crippen LogP) is 2.51. The number of aryl methyl sites for hydroxylation is 1. The van der Waals surface area contributed by atoms with Crippen molar-refractivity contribution in [2.24, 2.45) is 0 Å². The quantitative estimate of drug-likeness (QED) is 0.444. The molecule has 0 atom stereocenters. The van der Waals surface area contributed by atoms with Gasteiger partial charge in [0.25, 0.3) is 0 Å². The van der Waals surface area contributed by atoms with Gasteiger partial charge in [0, 0.05) is 36.4 Å². The minimum absolute atomic E-state index is 0.0347. The Morgan fingerprint density at radius 1 is 1.12 bits per heavy atom. The molecule has 0 aliphatic heterocycles. The lowest BCUT2D eigenvalue weighted by molar-refractivity contribution is -0.593. The summed E-state index contributed by atoms with van der Waals surface area (Å²) in [5, 5.41) is 21.4. The number of halogens is 2. The number of hydrogen-bond donors (Lipinski definition) is 1. The molecule has 0 fully saturated rings. The van der Waals surface area contributed by atoms with Gasteiger partial charge in [-0.3, -0.25) is 0 Å². The Labute approximate surface area is 137 Å². The number of aliphatic hydroxyl groups excluding tert-OH is 1. The Morgan fingerprint density at radius 2 is 1.88 bits per heavy atom. The van der Waals surface area contributed by atoms with Crippen LogP contribution in [0.5, 0.6) is 0 Å². The normalized spacial score (nSPS) is 11.0. The van der Waals surface area contributed by atoms with E-state index in [0.29, 0.717) is 40.2 Å². The highest BCUT2D eigenvalue weighted by molar-refractivity contribution is 5.76. The summed E-state index contributed by atoms with van der Waals surface area (Å²) in [4.78, 5) is 3.53. The van der Waals surface area contributed by atoms with E-state index in [4.69, 9.17) is 5.11 Å². The maximum absolute atomic E-state index is 13.5. The molecule has 0 aliphatic carbocycles. The van der Waals surface area contributed by atoms with Crippen LogP contribution in [0.15, 0.2) is 48.9 Å². The highest BCUT2D eigenvalue weighted by Gasteiger charge is 2.23. The van der Waals surface area contributed by atoms with Gasteiger partial charge in [-0.1, -0.05) is 0 Å². The van der Waals surface area contributed by atoms with Gasteiger partial charge >= 0.3 is 0 Å². The minimum atomic E-state index is -0.662. The van der Waals surface area contributed by atoms with Crippen LogP contribution in [-0.4, -0.2) is 21.3 Å². The topological polar surface area (TPSA) is 65.0 Å². The second kappa shape index (κ2) is 6.76. The molecule has 3 rings (SSSR count). The zero-order valence-electron chi connectivity index (χ0n) is 12.7. The van der Waals surface area contributed by atoms with E-state index in [9.17, 15) is 14.0 Å². The molecular weight excluding hydrogens is 316 g/mol. The molecule has 2 heterocycles. The molecule has 5 nitrogen and oxygen atoms in total. The van der Waals surface area contributed by atoms with E-state index in [1.807, 2.05) is 0 Å². The first-order valence-electron chi connectivity index (χ1n) is 7.41. The molecule has 0 saturated heterocycles. The molecule has 2 aromatic heterocycles. The summed E-state index contributed by atoms with van der Waals surface area (Å²) >= 11 is 0. The van der Waals surface area contributed by atoms with E-state index in [1.54, 1.807) is 10.6 Å². The van der Waals surface area contributed by atoms with Crippen LogP contribution in [0, 0.1) is 17.0 Å². The first-order valence-corrected chi connectivity index (χ1v) is 7.41. The Kier molecular flexibility index (Phi) is 4.52. The zero-order chi connectivity index (χ0) is 17.1. The van der Waals surface area contributed by atoms with Crippen molar-refractivity contribution in [1.29, 1.82) is 0 Å². The lowest BCUT2D eigenvalue weighted by Gasteiger charge is -2.06. The highest BCUT2D eigenvalue weighted by atomic mass is 19.1. The third-order valence-electron chi connectivity index (χ3n) is 3.65. The van der Waals surface area contributed by atoms with Gasteiger partial charge in [-0.15, -0.1) is 0 Å². The van der Waals surface area contributed by atoms with Crippen LogP contribution in [0.1, 0.15) is 6.42 Å². The van der Waals surface area contributed by atoms with Crippen LogP contribution >= 0.6 is 0 Å². The summed E-state index contributed by atoms with van der Waals surface area (Å²) in [6, 6.07) is 8.35. The fraction of sp³-hybridized carbons (Fsp3) is 0.176. The van der Waals surface area contributed by atoms with Gasteiger partial charge in [-0.05, 0) is 30.3 Å². The van der Waals surface area contributed by atoms with Crippen LogP contribution in [0.25, 0.3) is 22.5 Å². The van der Waals surface area contributed by atoms with Gasteiger partial charge in [0.2, 0.25) is 12.3 Å². The highest BCUT2D eigenvalue weighted by Crippen LogP contribution is 2.30. The molecule has 1 aromatic carbocycles. The maximum Gasteiger partial charge on any atom is 0.247 e. The smallest absolute Gasteiger partial charge is 0.247 e. The third kappa shape index (κ3) is 3.11. The number of aliphatic hydroxyl groups is 1. The van der Waals surface area contributed by atoms with Crippen molar-refractivity contribution in [2.45, 2.75) is 13.0 Å². The van der Waals surface area contributed by atoms with Crippen LogP contribution in [0.3, 0.4) is 0 Å². The molecule has 24 heavy (non-hydrogen) atoms. The number of hydrogen-bond acceptors (Lipinski definition) is 3. The fourth-order valence-corrected chi connectivity index (χ4v) is 2.62. The second-order valence-corrected chi connectivity index (χ2v) is 5.28. The number of pyridine rings is 1. The molecule has 3 aromatic rings. The molecule has 0 saturated carbocycles. The summed E-state index contributed by atoms with van der Waals surface area (Å²) in [5.74, 6) is -1.07. The first-order chi connectivity index (χ1) is 11.6. The SMILES string of the molecule is [O-][n+]1cn(CCCO)c(-c2ccnc(F)c2)c1-c1ccc(F)cc1. The van der Waals surface area contributed by atoms with Crippen LogP contribution in [0.4, 0.5) is 8.78 Å². The van der Waals surface area contributed by atoms with E-state index in [0.717, 1.165) is 0 Å². The summed E-state index contributed by atoms with van der Waals surface area (Å²) in [6.45, 7) is 0.353. The van der Waals surface area contributed by atoms with Gasteiger partial charge in [0.15, 0.2) is 11.4 Å². The third-order valence-corrected chi connectivity index (χ3v) is 3.65. The summed E-state index contributed by atoms with van der Waals surface area (Å²) in [7, 11) is 0. The number of imidazole rings is 1. The van der Waals surface area contributed by atoms with Crippen LogP contribution in [0.2, 0.25) is 0 Å². The van der Waals surface area contributed by atoms with Gasteiger partial charge in [-0.25, -0.2) is 18.7 Å². The van der Waals surface area contributed by atoms with Crippen LogP contribution < -0.4 is 4.73 Å². The minimum Gasteiger partial charge on any atom is -0.710 e. The molecule has 124 valence electrons. The second-order valence-electron chi connectivity index (χ2n) is 5.28. The van der Waals surface area contributed by atoms with Crippen molar-refractivity contribution in [1.82, 2.24) is 9.55 Å². The molecule has 0 aliphatic rings. The molecule has 7 heteroatoms. The first kappa shape index (κ1) is 16.1. The van der Waals surface area contributed by atoms with Crippen LogP contribution in [-0.2, 0) is 6.54 Å². The Balaban J connectivity index is 2.20. The Morgan fingerprint density at radius 3 is 2.54 bits per heavy atom. The monoisotopic (exact) mass is 331 g/mol. The molecule has 0 unspecified atom stereocenters. The van der Waals surface area contributed by atoms with Gasteiger partial charge in [0.1, 0.15) is 5.82 Å². The summed E-state index contributed by atoms with van der Waals surface area (Å²) < 4.78 is 29.0. The molecule has 0 amide bonds. The molecular formula is C17H15F2N3O2. The number of benzene rings is 1. The molecule has 0 radical (unpaired) electrons. The van der Waals surface area contributed by atoms with Crippen molar-refractivity contribution in [3.63, 3.8) is 0 Å². The van der Waals surface area contributed by atoms with Crippen molar-refractivity contribution < 1.29 is 18.6 Å². The van der Waals surface area contributed by atoms with E-state index >= 15 is 0 Å². The van der Waals surface area contributed by atoms with Gasteiger partial charge in [-0.2, -0.15) is 4.39 Å². The Hall–Kier alpha value is -2.80. The standard InChI is InChI=1S/C17H15F2N3O2/c18-14-4-2-12(3-5-14)17-16(13-6-7-20-15(19)10-13)21(8-1-9-23)11-22(17)24/h2-7,10-11,23H,1,8-9H2. The zero-order valence-corrected chi connectivity index (χ0v) is 12.7. The Bertz CT molecular complexity index is 848. The van der Waals surface area contributed by atoms with E-state index in [1.165, 1.54) is 42.9 Å². The maximum atomic E-state index is 13.5. The summed E-state index contributed by atoms with van der Waals surface area (Å²) in [6.07, 6.45) is 3.09. The van der Waals surface area contributed by atoms with E-state index < -0.39 is 11.8 Å². The van der Waals surface area contributed by atoms with Crippen molar-refractivity contribution in [2.75, 3.05) is 6.61 Å². The van der Waals surface area contributed by atoms with Crippen molar-refractivity contribution in [3.8, 4) is 22.5 Å². The number of aromatic nitrogens is 3. The van der Waals surface area contributed by atoms with Gasteiger partial charge in [0.05, 0.1) is 6.54 Å². The largest absolute Gasteiger partial charge is 0.710 e. The van der Waals surface area contributed by atoms with E-state index in [2.05, 4.69) is 4.98 Å². The number of rotatable bonds is 5. The fourth-order valence-electron chi connectivity index (χ4n) is 2.62. The average Bonchev–Trinajstić information content (AvgIpc) is 2.90. The molecule has 0 spiro atoms. The molecule has 0 bridgehead atoms. The van der Waals surface area contributed by atoms with E-state index in [-0.39, 0.29) is 6.61 Å². The average molecular weight is 331 g/mol. The molecule has 1 N–H and O–H groups in total. The lowest BCUT2D eigenvalue weighted by Crippen LogP contribution is -2.25. The van der Waals surface area contributed by atoms with Crippen molar-refractivity contribution in [3.05, 3.63) is 65.9 Å². The summed E-state index contributed by atoms with van der Waals surface area (Å²) in [5.41, 5.74) is 1.78. The van der Waals surface area contributed by atoms with Crippen molar-refractivity contribution >= 4 is 0 Å². The predicted molar refractivity (Wildman–Crippen MR) is 83.7 cm³/mol. The van der Waals surface area contributed by atoms with Gasteiger partial charge < -0.3 is 10.3 Å².